The van der Waals surface area contributed by atoms with Crippen molar-refractivity contribution in [1.82, 2.24) is 5.32 Å². The summed E-state index contributed by atoms with van der Waals surface area (Å²) in [6, 6.07) is 13.8. The molecule has 146 valence electrons. The lowest BCUT2D eigenvalue weighted by Crippen LogP contribution is -2.34. The topological polar surface area (TPSA) is 78.1 Å². The summed E-state index contributed by atoms with van der Waals surface area (Å²) in [5.74, 6) is 3.11. The highest BCUT2D eigenvalue weighted by molar-refractivity contribution is 5.77. The second kappa shape index (κ2) is 10.3. The minimum absolute atomic E-state index is 0.378. The summed E-state index contributed by atoms with van der Waals surface area (Å²) in [7, 11) is 3.22. The van der Waals surface area contributed by atoms with Crippen molar-refractivity contribution in [3.05, 3.63) is 53.6 Å². The number of methoxy groups -OCH3 is 2. The van der Waals surface area contributed by atoms with Crippen LogP contribution in [0, 0.1) is 0 Å². The maximum atomic E-state index is 5.91. The number of ether oxygens (including phenoxy) is 3. The van der Waals surface area contributed by atoms with Crippen LogP contribution in [-0.2, 0) is 6.54 Å². The zero-order chi connectivity index (χ0) is 19.6. The molecule has 2 aromatic carbocycles. The van der Waals surface area contributed by atoms with E-state index in [-0.39, 0.29) is 0 Å². The average Bonchev–Trinajstić information content (AvgIpc) is 2.69. The van der Waals surface area contributed by atoms with E-state index in [1.54, 1.807) is 14.2 Å². The van der Waals surface area contributed by atoms with Crippen molar-refractivity contribution in [2.75, 3.05) is 27.4 Å². The Kier molecular flexibility index (Phi) is 7.79. The van der Waals surface area contributed by atoms with E-state index in [1.807, 2.05) is 30.3 Å². The summed E-state index contributed by atoms with van der Waals surface area (Å²) in [6.07, 6.45) is 0. The molecule has 0 saturated carbocycles. The van der Waals surface area contributed by atoms with Crippen molar-refractivity contribution in [3.8, 4) is 17.2 Å². The van der Waals surface area contributed by atoms with Gasteiger partial charge in [0, 0.05) is 0 Å². The van der Waals surface area contributed by atoms with Gasteiger partial charge in [-0.15, -0.1) is 0 Å². The molecule has 0 aliphatic heterocycles. The van der Waals surface area contributed by atoms with Crippen LogP contribution in [0.2, 0.25) is 0 Å². The van der Waals surface area contributed by atoms with Gasteiger partial charge in [-0.05, 0) is 41.3 Å². The molecule has 6 nitrogen and oxygen atoms in total. The Balaban J connectivity index is 1.76. The summed E-state index contributed by atoms with van der Waals surface area (Å²) < 4.78 is 16.2. The van der Waals surface area contributed by atoms with Crippen LogP contribution in [0.15, 0.2) is 47.5 Å². The van der Waals surface area contributed by atoms with Crippen LogP contribution in [0.4, 0.5) is 0 Å². The number of nitrogens with one attached hydrogen (secondary N) is 1. The van der Waals surface area contributed by atoms with Crippen molar-refractivity contribution in [3.63, 3.8) is 0 Å². The second-order valence-electron chi connectivity index (χ2n) is 6.39. The molecule has 0 atom stereocenters. The van der Waals surface area contributed by atoms with Crippen molar-refractivity contribution in [2.24, 2.45) is 10.7 Å². The Bertz CT molecular complexity index is 743. The van der Waals surface area contributed by atoms with Gasteiger partial charge in [0.05, 0.1) is 27.3 Å². The van der Waals surface area contributed by atoms with E-state index in [9.17, 15) is 0 Å². The van der Waals surface area contributed by atoms with Crippen LogP contribution >= 0.6 is 0 Å². The Morgan fingerprint density at radius 1 is 1.04 bits per heavy atom. The largest absolute Gasteiger partial charge is 0.493 e. The highest BCUT2D eigenvalue weighted by Crippen LogP contribution is 2.27. The van der Waals surface area contributed by atoms with E-state index in [4.69, 9.17) is 19.9 Å². The first kappa shape index (κ1) is 20.4. The molecule has 0 unspecified atom stereocenters. The smallest absolute Gasteiger partial charge is 0.189 e. The molecule has 0 amide bonds. The molecule has 0 spiro atoms. The molecule has 0 radical (unpaired) electrons. The highest BCUT2D eigenvalue weighted by atomic mass is 16.5. The predicted molar refractivity (Wildman–Crippen MR) is 109 cm³/mol. The van der Waals surface area contributed by atoms with Gasteiger partial charge in [-0.2, -0.15) is 0 Å². The molecule has 0 saturated heterocycles. The second-order valence-corrected chi connectivity index (χ2v) is 6.39. The van der Waals surface area contributed by atoms with E-state index in [1.165, 1.54) is 5.56 Å². The summed E-state index contributed by atoms with van der Waals surface area (Å²) >= 11 is 0. The van der Waals surface area contributed by atoms with Gasteiger partial charge in [0.2, 0.25) is 0 Å². The Hall–Kier alpha value is -2.89. The summed E-state index contributed by atoms with van der Waals surface area (Å²) in [6.45, 7) is 5.88. The third kappa shape index (κ3) is 6.40. The van der Waals surface area contributed by atoms with Gasteiger partial charge >= 0.3 is 0 Å². The SMILES string of the molecule is COc1ccc(CN=C(N)NCCOc2ccc(C(C)C)cc2)cc1OC. The van der Waals surface area contributed by atoms with Gasteiger partial charge in [-0.3, -0.25) is 0 Å². The van der Waals surface area contributed by atoms with E-state index in [0.717, 1.165) is 11.3 Å². The van der Waals surface area contributed by atoms with Crippen LogP contribution in [-0.4, -0.2) is 33.3 Å². The lowest BCUT2D eigenvalue weighted by atomic mass is 10.0. The van der Waals surface area contributed by atoms with Gasteiger partial charge in [-0.1, -0.05) is 32.0 Å². The molecule has 0 aliphatic rings. The molecule has 27 heavy (non-hydrogen) atoms. The Morgan fingerprint density at radius 3 is 2.37 bits per heavy atom. The van der Waals surface area contributed by atoms with Gasteiger partial charge < -0.3 is 25.3 Å². The molecule has 2 aromatic rings. The van der Waals surface area contributed by atoms with Gasteiger partial charge in [0.25, 0.3) is 0 Å². The first-order valence-electron chi connectivity index (χ1n) is 9.01. The fourth-order valence-electron chi connectivity index (χ4n) is 2.51. The first-order valence-corrected chi connectivity index (χ1v) is 9.01. The third-order valence-electron chi connectivity index (χ3n) is 4.10. The molecule has 0 fully saturated rings. The van der Waals surface area contributed by atoms with Gasteiger partial charge in [0.15, 0.2) is 17.5 Å². The fourth-order valence-corrected chi connectivity index (χ4v) is 2.51. The number of aliphatic imine (C=N–C) groups is 1. The van der Waals surface area contributed by atoms with Gasteiger partial charge in [0.1, 0.15) is 12.4 Å². The summed E-state index contributed by atoms with van der Waals surface area (Å²) in [5.41, 5.74) is 8.19. The number of benzene rings is 2. The van der Waals surface area contributed by atoms with Crippen LogP contribution in [0.3, 0.4) is 0 Å². The molecular formula is C21H29N3O3. The monoisotopic (exact) mass is 371 g/mol. The molecule has 3 N–H and O–H groups in total. The standard InChI is InChI=1S/C21H29N3O3/c1-15(2)17-6-8-18(9-7-17)27-12-11-23-21(22)24-14-16-5-10-19(25-3)20(13-16)26-4/h5-10,13,15H,11-12,14H2,1-4H3,(H3,22,23,24). The number of rotatable bonds is 9. The lowest BCUT2D eigenvalue weighted by Gasteiger charge is -2.10. The molecule has 0 heterocycles. The van der Waals surface area contributed by atoms with Crippen LogP contribution in [0.25, 0.3) is 0 Å². The van der Waals surface area contributed by atoms with Crippen LogP contribution < -0.4 is 25.3 Å². The molecule has 2 rings (SSSR count). The Morgan fingerprint density at radius 2 is 1.74 bits per heavy atom. The van der Waals surface area contributed by atoms with Gasteiger partial charge in [-0.25, -0.2) is 4.99 Å². The average molecular weight is 371 g/mol. The quantitative estimate of drug-likeness (QED) is 0.402. The Labute approximate surface area is 161 Å². The number of guanidine groups is 1. The minimum atomic E-state index is 0.378. The molecule has 0 aromatic heterocycles. The third-order valence-corrected chi connectivity index (χ3v) is 4.10. The summed E-state index contributed by atoms with van der Waals surface area (Å²) in [5, 5.41) is 3.05. The highest BCUT2D eigenvalue weighted by Gasteiger charge is 2.04. The van der Waals surface area contributed by atoms with Crippen LogP contribution in [0.5, 0.6) is 17.2 Å². The minimum Gasteiger partial charge on any atom is -0.493 e. The van der Waals surface area contributed by atoms with Crippen molar-refractivity contribution in [2.45, 2.75) is 26.3 Å². The van der Waals surface area contributed by atoms with E-state index >= 15 is 0 Å². The number of nitrogens with two attached hydrogens (primary N) is 1. The lowest BCUT2D eigenvalue weighted by molar-refractivity contribution is 0.322. The van der Waals surface area contributed by atoms with E-state index in [0.29, 0.717) is 43.1 Å². The number of hydrogen-bond donors (Lipinski definition) is 2. The molecule has 6 heteroatoms. The fraction of sp³-hybridized carbons (Fsp3) is 0.381. The summed E-state index contributed by atoms with van der Waals surface area (Å²) in [4.78, 5) is 4.33. The van der Waals surface area contributed by atoms with E-state index < -0.39 is 0 Å². The zero-order valence-corrected chi connectivity index (χ0v) is 16.5. The number of hydrogen-bond acceptors (Lipinski definition) is 4. The molecular weight excluding hydrogens is 342 g/mol. The number of nitrogens with zero attached hydrogens (tertiary/aromatic N) is 1. The molecule has 0 bridgehead atoms. The molecule has 0 aliphatic carbocycles. The van der Waals surface area contributed by atoms with Crippen molar-refractivity contribution in [1.29, 1.82) is 0 Å². The predicted octanol–water partition coefficient (Wildman–Crippen LogP) is 3.31. The van der Waals surface area contributed by atoms with E-state index in [2.05, 4.69) is 36.3 Å². The maximum Gasteiger partial charge on any atom is 0.189 e. The first-order chi connectivity index (χ1) is 13.0. The normalized spacial score (nSPS) is 11.4. The van der Waals surface area contributed by atoms with Crippen LogP contribution in [0.1, 0.15) is 30.9 Å². The zero-order valence-electron chi connectivity index (χ0n) is 16.5. The van der Waals surface area contributed by atoms with Crippen molar-refractivity contribution < 1.29 is 14.2 Å². The maximum absolute atomic E-state index is 5.91. The van der Waals surface area contributed by atoms with Crippen molar-refractivity contribution >= 4 is 5.96 Å².